The van der Waals surface area contributed by atoms with E-state index in [1.165, 1.54) is 6.92 Å². The van der Waals surface area contributed by atoms with Gasteiger partial charge in [-0.15, -0.1) is 11.6 Å². The number of rotatable bonds is 7. The number of hydrogen-bond donors (Lipinski definition) is 2. The van der Waals surface area contributed by atoms with E-state index in [0.717, 1.165) is 5.56 Å². The first-order valence-electron chi connectivity index (χ1n) is 5.83. The molecule has 0 heterocycles. The standard InChI is InChI=1S/C12H17ClN2O3S/c1-10(16)15-12-5-3-11(4-6-12)9-14-19(17,18)8-2-7-13/h3-6,14H,2,7-9H2,1H3,(H,15,16). The summed E-state index contributed by atoms with van der Waals surface area (Å²) < 4.78 is 25.6. The Morgan fingerprint density at radius 3 is 2.42 bits per heavy atom. The van der Waals surface area contributed by atoms with E-state index in [0.29, 0.717) is 18.0 Å². The van der Waals surface area contributed by atoms with Crippen molar-refractivity contribution in [1.82, 2.24) is 4.72 Å². The summed E-state index contributed by atoms with van der Waals surface area (Å²) in [6.45, 7) is 1.66. The van der Waals surface area contributed by atoms with Crippen LogP contribution in [0.15, 0.2) is 24.3 Å². The molecule has 0 aliphatic rings. The molecule has 7 heteroatoms. The highest BCUT2D eigenvalue weighted by Gasteiger charge is 2.08. The van der Waals surface area contributed by atoms with E-state index in [4.69, 9.17) is 11.6 Å². The summed E-state index contributed by atoms with van der Waals surface area (Å²) in [5.41, 5.74) is 1.50. The van der Waals surface area contributed by atoms with Gasteiger partial charge in [-0.1, -0.05) is 12.1 Å². The van der Waals surface area contributed by atoms with Crippen LogP contribution in [0.25, 0.3) is 0 Å². The second kappa shape index (κ2) is 7.47. The number of sulfonamides is 1. The average molecular weight is 305 g/mol. The van der Waals surface area contributed by atoms with Crippen molar-refractivity contribution in [3.63, 3.8) is 0 Å². The number of anilines is 1. The fraction of sp³-hybridized carbons (Fsp3) is 0.417. The minimum atomic E-state index is -3.28. The molecule has 1 aromatic carbocycles. The Labute approximate surface area is 118 Å². The molecule has 0 radical (unpaired) electrons. The van der Waals surface area contributed by atoms with Gasteiger partial charge in [0.1, 0.15) is 0 Å². The van der Waals surface area contributed by atoms with Crippen LogP contribution in [0, 0.1) is 0 Å². The summed E-state index contributed by atoms with van der Waals surface area (Å²) in [5.74, 6) is 0.210. The number of carbonyl (C=O) groups is 1. The number of hydrogen-bond acceptors (Lipinski definition) is 3. The van der Waals surface area contributed by atoms with E-state index in [1.54, 1.807) is 24.3 Å². The Bertz CT molecular complexity index is 514. The monoisotopic (exact) mass is 304 g/mol. The van der Waals surface area contributed by atoms with E-state index in [1.807, 2.05) is 0 Å². The number of carbonyl (C=O) groups excluding carboxylic acids is 1. The van der Waals surface area contributed by atoms with Crippen molar-refractivity contribution in [1.29, 1.82) is 0 Å². The van der Waals surface area contributed by atoms with Crippen LogP contribution in [-0.4, -0.2) is 26.0 Å². The zero-order chi connectivity index (χ0) is 14.3. The second-order valence-electron chi connectivity index (χ2n) is 4.06. The highest BCUT2D eigenvalue weighted by atomic mass is 35.5. The van der Waals surface area contributed by atoms with Crippen LogP contribution in [-0.2, 0) is 21.4 Å². The molecule has 0 aliphatic heterocycles. The molecule has 106 valence electrons. The molecule has 1 rings (SSSR count). The van der Waals surface area contributed by atoms with Crippen molar-refractivity contribution in [3.05, 3.63) is 29.8 Å². The lowest BCUT2D eigenvalue weighted by Crippen LogP contribution is -2.26. The van der Waals surface area contributed by atoms with Crippen molar-refractivity contribution in [3.8, 4) is 0 Å². The second-order valence-corrected chi connectivity index (χ2v) is 6.37. The van der Waals surface area contributed by atoms with Crippen molar-refractivity contribution >= 4 is 33.2 Å². The molecule has 0 fully saturated rings. The summed E-state index contributed by atoms with van der Waals surface area (Å²) in [6.07, 6.45) is 0.429. The van der Waals surface area contributed by atoms with Crippen molar-refractivity contribution in [2.45, 2.75) is 19.9 Å². The summed E-state index contributed by atoms with van der Waals surface area (Å²) in [5, 5.41) is 2.64. The lowest BCUT2D eigenvalue weighted by Gasteiger charge is -2.07. The third-order valence-corrected chi connectivity index (χ3v) is 3.99. The molecule has 19 heavy (non-hydrogen) atoms. The summed E-state index contributed by atoms with van der Waals surface area (Å²) in [7, 11) is -3.28. The molecule has 1 aromatic rings. The Kier molecular flexibility index (Phi) is 6.27. The fourth-order valence-electron chi connectivity index (χ4n) is 1.42. The summed E-state index contributed by atoms with van der Waals surface area (Å²) in [4.78, 5) is 10.8. The molecule has 2 N–H and O–H groups in total. The molecule has 0 aromatic heterocycles. The van der Waals surface area contributed by atoms with Crippen LogP contribution in [0.2, 0.25) is 0 Å². The molecular weight excluding hydrogens is 288 g/mol. The molecule has 1 amide bonds. The predicted molar refractivity (Wildman–Crippen MR) is 76.7 cm³/mol. The van der Waals surface area contributed by atoms with Gasteiger partial charge in [-0.05, 0) is 24.1 Å². The van der Waals surface area contributed by atoms with Crippen molar-refractivity contribution in [2.75, 3.05) is 16.9 Å². The van der Waals surface area contributed by atoms with E-state index >= 15 is 0 Å². The maximum atomic E-state index is 11.5. The molecule has 0 bridgehead atoms. The highest BCUT2D eigenvalue weighted by molar-refractivity contribution is 7.89. The van der Waals surface area contributed by atoms with E-state index in [9.17, 15) is 13.2 Å². The quantitative estimate of drug-likeness (QED) is 0.753. The van der Waals surface area contributed by atoms with Gasteiger partial charge < -0.3 is 5.32 Å². The van der Waals surface area contributed by atoms with Gasteiger partial charge in [0.2, 0.25) is 15.9 Å². The van der Waals surface area contributed by atoms with Crippen LogP contribution in [0.4, 0.5) is 5.69 Å². The third kappa shape index (κ3) is 6.56. The molecule has 0 aliphatic carbocycles. The topological polar surface area (TPSA) is 75.3 Å². The van der Waals surface area contributed by atoms with Crippen LogP contribution in [0.5, 0.6) is 0 Å². The van der Waals surface area contributed by atoms with Gasteiger partial charge in [0, 0.05) is 25.0 Å². The van der Waals surface area contributed by atoms with Gasteiger partial charge >= 0.3 is 0 Å². The largest absolute Gasteiger partial charge is 0.326 e. The Morgan fingerprint density at radius 2 is 1.89 bits per heavy atom. The normalized spacial score (nSPS) is 11.3. The number of benzene rings is 1. The van der Waals surface area contributed by atoms with Crippen molar-refractivity contribution < 1.29 is 13.2 Å². The van der Waals surface area contributed by atoms with Crippen LogP contribution >= 0.6 is 11.6 Å². The van der Waals surface area contributed by atoms with Gasteiger partial charge in [-0.25, -0.2) is 13.1 Å². The predicted octanol–water partition coefficient (Wildman–Crippen LogP) is 1.69. The lowest BCUT2D eigenvalue weighted by molar-refractivity contribution is -0.114. The van der Waals surface area contributed by atoms with Crippen LogP contribution in [0.3, 0.4) is 0 Å². The zero-order valence-corrected chi connectivity index (χ0v) is 12.2. The van der Waals surface area contributed by atoms with Crippen molar-refractivity contribution in [2.24, 2.45) is 0 Å². The van der Waals surface area contributed by atoms with Gasteiger partial charge in [0.05, 0.1) is 5.75 Å². The minimum Gasteiger partial charge on any atom is -0.326 e. The summed E-state index contributed by atoms with van der Waals surface area (Å²) in [6, 6.07) is 6.97. The van der Waals surface area contributed by atoms with E-state index < -0.39 is 10.0 Å². The van der Waals surface area contributed by atoms with Crippen LogP contribution < -0.4 is 10.0 Å². The maximum absolute atomic E-state index is 11.5. The highest BCUT2D eigenvalue weighted by Crippen LogP contribution is 2.09. The first-order valence-corrected chi connectivity index (χ1v) is 8.01. The molecular formula is C12H17ClN2O3S. The summed E-state index contributed by atoms with van der Waals surface area (Å²) >= 11 is 5.46. The van der Waals surface area contributed by atoms with Gasteiger partial charge in [-0.2, -0.15) is 0 Å². The SMILES string of the molecule is CC(=O)Nc1ccc(CNS(=O)(=O)CCCCl)cc1. The minimum absolute atomic E-state index is 0.0282. The van der Waals surface area contributed by atoms with Gasteiger partial charge in [0.15, 0.2) is 0 Å². The molecule has 5 nitrogen and oxygen atoms in total. The number of nitrogens with one attached hydrogen (secondary N) is 2. The fourth-order valence-corrected chi connectivity index (χ4v) is 2.77. The molecule has 0 saturated carbocycles. The number of alkyl halides is 1. The Balaban J connectivity index is 2.52. The Morgan fingerprint density at radius 1 is 1.26 bits per heavy atom. The van der Waals surface area contributed by atoms with Gasteiger partial charge in [0.25, 0.3) is 0 Å². The zero-order valence-electron chi connectivity index (χ0n) is 10.6. The van der Waals surface area contributed by atoms with Crippen LogP contribution in [0.1, 0.15) is 18.9 Å². The molecule has 0 unspecified atom stereocenters. The number of halogens is 1. The molecule has 0 atom stereocenters. The third-order valence-electron chi connectivity index (χ3n) is 2.32. The Hall–Kier alpha value is -1.11. The number of amides is 1. The van der Waals surface area contributed by atoms with Gasteiger partial charge in [-0.3, -0.25) is 4.79 Å². The first kappa shape index (κ1) is 15.9. The maximum Gasteiger partial charge on any atom is 0.221 e. The first-order chi connectivity index (χ1) is 8.93. The smallest absolute Gasteiger partial charge is 0.221 e. The lowest BCUT2D eigenvalue weighted by atomic mass is 10.2. The van der Waals surface area contributed by atoms with E-state index in [2.05, 4.69) is 10.0 Å². The van der Waals surface area contributed by atoms with E-state index in [-0.39, 0.29) is 18.2 Å². The average Bonchev–Trinajstić information content (AvgIpc) is 2.35. The molecule has 0 saturated heterocycles. The molecule has 0 spiro atoms.